The standard InChI is InChI=1S/C23H35N5O8/c1-3-12(2)19(25)22(34)26-15(8-9-18(24)31)20(32)27-16(10-13-4-6-14(30)7-5-13)21(33)28-17(11-29)23(35)36/h4-7,12,15-17,19,29-30H,3,8-11,25H2,1-2H3,(H2,24,31)(H,26,34)(H,27,32)(H,28,33)(H,35,36). The number of hydrogen-bond donors (Lipinski definition) is 8. The number of carboxylic acids is 1. The topological polar surface area (TPSA) is 234 Å². The number of aromatic hydroxyl groups is 1. The van der Waals surface area contributed by atoms with Crippen molar-refractivity contribution in [2.75, 3.05) is 6.61 Å². The minimum Gasteiger partial charge on any atom is -0.508 e. The van der Waals surface area contributed by atoms with Gasteiger partial charge in [0.25, 0.3) is 0 Å². The van der Waals surface area contributed by atoms with Gasteiger partial charge in [0.05, 0.1) is 12.6 Å². The van der Waals surface area contributed by atoms with Crippen molar-refractivity contribution in [2.24, 2.45) is 17.4 Å². The maximum absolute atomic E-state index is 13.1. The third-order valence-electron chi connectivity index (χ3n) is 5.68. The molecule has 0 spiro atoms. The van der Waals surface area contributed by atoms with Gasteiger partial charge in [-0.3, -0.25) is 19.2 Å². The second kappa shape index (κ2) is 14.6. The molecule has 1 aromatic carbocycles. The number of aliphatic hydroxyl groups is 1. The second-order valence-corrected chi connectivity index (χ2v) is 8.49. The lowest BCUT2D eigenvalue weighted by Gasteiger charge is -2.26. The minimum atomic E-state index is -1.62. The van der Waals surface area contributed by atoms with Crippen molar-refractivity contribution in [1.82, 2.24) is 16.0 Å². The molecule has 0 radical (unpaired) electrons. The summed E-state index contributed by atoms with van der Waals surface area (Å²) in [6, 6.07) is 0.611. The number of aliphatic carboxylic acids is 1. The van der Waals surface area contributed by atoms with Crippen molar-refractivity contribution in [3.8, 4) is 5.75 Å². The van der Waals surface area contributed by atoms with E-state index < -0.39 is 60.4 Å². The zero-order chi connectivity index (χ0) is 27.4. The van der Waals surface area contributed by atoms with Gasteiger partial charge in [0.2, 0.25) is 23.6 Å². The van der Waals surface area contributed by atoms with Crippen LogP contribution in [0.5, 0.6) is 5.75 Å². The SMILES string of the molecule is CCC(C)C(N)C(=O)NC(CCC(N)=O)C(=O)NC(Cc1ccc(O)cc1)C(=O)NC(CO)C(=O)O. The molecule has 4 amide bonds. The number of amides is 4. The van der Waals surface area contributed by atoms with E-state index in [0.717, 1.165) is 0 Å². The number of carbonyl (C=O) groups excluding carboxylic acids is 4. The van der Waals surface area contributed by atoms with Crippen LogP contribution in [-0.4, -0.2) is 75.7 Å². The Morgan fingerprint density at radius 2 is 1.44 bits per heavy atom. The fourth-order valence-corrected chi connectivity index (χ4v) is 3.14. The molecule has 13 nitrogen and oxygen atoms in total. The summed E-state index contributed by atoms with van der Waals surface area (Å²) in [5.41, 5.74) is 11.6. The van der Waals surface area contributed by atoms with E-state index in [1.165, 1.54) is 24.3 Å². The van der Waals surface area contributed by atoms with Crippen LogP contribution in [0, 0.1) is 5.92 Å². The molecule has 13 heteroatoms. The Bertz CT molecular complexity index is 924. The number of hydrogen-bond acceptors (Lipinski definition) is 8. The number of nitrogens with two attached hydrogens (primary N) is 2. The number of rotatable bonds is 15. The molecule has 0 heterocycles. The van der Waals surface area contributed by atoms with Crippen molar-refractivity contribution in [1.29, 1.82) is 0 Å². The van der Waals surface area contributed by atoms with Gasteiger partial charge in [-0.15, -0.1) is 0 Å². The number of nitrogens with one attached hydrogen (secondary N) is 3. The molecule has 0 fully saturated rings. The molecule has 1 aromatic rings. The summed E-state index contributed by atoms with van der Waals surface area (Å²) in [5, 5.41) is 35.0. The smallest absolute Gasteiger partial charge is 0.328 e. The Labute approximate surface area is 208 Å². The van der Waals surface area contributed by atoms with E-state index in [2.05, 4.69) is 16.0 Å². The quantitative estimate of drug-likeness (QED) is 0.132. The highest BCUT2D eigenvalue weighted by Gasteiger charge is 2.31. The molecule has 200 valence electrons. The number of phenols is 1. The third kappa shape index (κ3) is 9.88. The van der Waals surface area contributed by atoms with Gasteiger partial charge in [-0.25, -0.2) is 4.79 Å². The Kier molecular flexibility index (Phi) is 12.3. The van der Waals surface area contributed by atoms with Gasteiger partial charge in [-0.2, -0.15) is 0 Å². The molecule has 10 N–H and O–H groups in total. The van der Waals surface area contributed by atoms with Crippen LogP contribution in [0.1, 0.15) is 38.7 Å². The van der Waals surface area contributed by atoms with Gasteiger partial charge in [0.1, 0.15) is 23.9 Å². The molecule has 0 aliphatic heterocycles. The monoisotopic (exact) mass is 509 g/mol. The predicted octanol–water partition coefficient (Wildman–Crippen LogP) is -1.90. The van der Waals surface area contributed by atoms with Crippen LogP contribution in [0.15, 0.2) is 24.3 Å². The van der Waals surface area contributed by atoms with Crippen molar-refractivity contribution in [3.05, 3.63) is 29.8 Å². The molecule has 36 heavy (non-hydrogen) atoms. The van der Waals surface area contributed by atoms with Crippen LogP contribution in [0.25, 0.3) is 0 Å². The van der Waals surface area contributed by atoms with Crippen LogP contribution in [0.2, 0.25) is 0 Å². The van der Waals surface area contributed by atoms with Crippen molar-refractivity contribution < 1.29 is 39.3 Å². The first-order chi connectivity index (χ1) is 16.9. The summed E-state index contributed by atoms with van der Waals surface area (Å²) >= 11 is 0. The first-order valence-electron chi connectivity index (χ1n) is 11.5. The van der Waals surface area contributed by atoms with Crippen LogP contribution in [-0.2, 0) is 30.4 Å². The highest BCUT2D eigenvalue weighted by atomic mass is 16.4. The van der Waals surface area contributed by atoms with Crippen LogP contribution < -0.4 is 27.4 Å². The number of benzene rings is 1. The fourth-order valence-electron chi connectivity index (χ4n) is 3.14. The van der Waals surface area contributed by atoms with Crippen LogP contribution in [0.4, 0.5) is 0 Å². The van der Waals surface area contributed by atoms with Gasteiger partial charge < -0.3 is 42.7 Å². The molecule has 0 saturated carbocycles. The summed E-state index contributed by atoms with van der Waals surface area (Å²) in [7, 11) is 0. The van der Waals surface area contributed by atoms with Crippen molar-refractivity contribution in [3.63, 3.8) is 0 Å². The summed E-state index contributed by atoms with van der Waals surface area (Å²) in [6.07, 6.45) is 0.0924. The fraction of sp³-hybridized carbons (Fsp3) is 0.522. The van der Waals surface area contributed by atoms with E-state index in [4.69, 9.17) is 16.6 Å². The molecule has 0 saturated heterocycles. The molecule has 1 rings (SSSR count). The first-order valence-corrected chi connectivity index (χ1v) is 11.5. The van der Waals surface area contributed by atoms with E-state index in [0.29, 0.717) is 12.0 Å². The normalized spacial score (nSPS) is 15.0. The van der Waals surface area contributed by atoms with E-state index in [-0.39, 0.29) is 30.9 Å². The number of carbonyl (C=O) groups is 5. The van der Waals surface area contributed by atoms with Crippen molar-refractivity contribution >= 4 is 29.6 Å². The molecule has 0 aromatic heterocycles. The van der Waals surface area contributed by atoms with Gasteiger partial charge in [0, 0.05) is 12.8 Å². The number of phenolic OH excluding ortho intramolecular Hbond substituents is 1. The van der Waals surface area contributed by atoms with Crippen LogP contribution in [0.3, 0.4) is 0 Å². The van der Waals surface area contributed by atoms with E-state index in [1.807, 2.05) is 6.92 Å². The number of aliphatic hydroxyl groups excluding tert-OH is 1. The Morgan fingerprint density at radius 1 is 0.917 bits per heavy atom. The van der Waals surface area contributed by atoms with Gasteiger partial charge in [-0.05, 0) is 30.0 Å². The van der Waals surface area contributed by atoms with Gasteiger partial charge in [-0.1, -0.05) is 32.4 Å². The Balaban J connectivity index is 3.15. The van der Waals surface area contributed by atoms with Crippen LogP contribution >= 0.6 is 0 Å². The minimum absolute atomic E-state index is 0.0260. The molecule has 5 unspecified atom stereocenters. The molecule has 0 bridgehead atoms. The first kappa shape index (κ1) is 30.3. The van der Waals surface area contributed by atoms with E-state index in [1.54, 1.807) is 6.92 Å². The summed E-state index contributed by atoms with van der Waals surface area (Å²) in [6.45, 7) is 2.73. The highest BCUT2D eigenvalue weighted by Crippen LogP contribution is 2.12. The maximum atomic E-state index is 13.1. The lowest BCUT2D eigenvalue weighted by Crippen LogP contribution is -2.58. The third-order valence-corrected chi connectivity index (χ3v) is 5.68. The largest absolute Gasteiger partial charge is 0.508 e. The predicted molar refractivity (Wildman–Crippen MR) is 128 cm³/mol. The zero-order valence-corrected chi connectivity index (χ0v) is 20.3. The van der Waals surface area contributed by atoms with Gasteiger partial charge >= 0.3 is 5.97 Å². The lowest BCUT2D eigenvalue weighted by atomic mass is 9.98. The lowest BCUT2D eigenvalue weighted by molar-refractivity contribution is -0.143. The molecular weight excluding hydrogens is 474 g/mol. The van der Waals surface area contributed by atoms with E-state index >= 15 is 0 Å². The molecule has 0 aliphatic carbocycles. The van der Waals surface area contributed by atoms with Gasteiger partial charge in [0.15, 0.2) is 0 Å². The summed E-state index contributed by atoms with van der Waals surface area (Å²) in [4.78, 5) is 61.1. The molecular formula is C23H35N5O8. The summed E-state index contributed by atoms with van der Waals surface area (Å²) in [5.74, 6) is -4.76. The Morgan fingerprint density at radius 3 is 1.94 bits per heavy atom. The molecule has 5 atom stereocenters. The maximum Gasteiger partial charge on any atom is 0.328 e. The van der Waals surface area contributed by atoms with Crippen molar-refractivity contribution in [2.45, 2.75) is 63.7 Å². The second-order valence-electron chi connectivity index (χ2n) is 8.49. The summed E-state index contributed by atoms with van der Waals surface area (Å²) < 4.78 is 0. The zero-order valence-electron chi connectivity index (χ0n) is 20.3. The van der Waals surface area contributed by atoms with E-state index in [9.17, 15) is 34.2 Å². The number of carboxylic acid groups (broad SMARTS) is 1. The number of primary amides is 1. The average molecular weight is 510 g/mol. The average Bonchev–Trinajstić information content (AvgIpc) is 2.83. The molecule has 0 aliphatic rings. The highest BCUT2D eigenvalue weighted by molar-refractivity contribution is 5.94. The Hall–Kier alpha value is -3.71.